The predicted octanol–water partition coefficient (Wildman–Crippen LogP) is 5.01. The smallest absolute Gasteiger partial charge is 0.312 e. The van der Waals surface area contributed by atoms with Gasteiger partial charge in [0.15, 0.2) is 6.61 Å². The van der Waals surface area contributed by atoms with Gasteiger partial charge in [-0.15, -0.1) is 0 Å². The van der Waals surface area contributed by atoms with E-state index in [1.54, 1.807) is 6.20 Å². The Kier molecular flexibility index (Phi) is 4.77. The lowest BCUT2D eigenvalue weighted by atomic mass is 9.49. The molecule has 0 N–H and O–H groups in total. The molecule has 0 radical (unpaired) electrons. The average Bonchev–Trinajstić information content (AvgIpc) is 3.07. The van der Waals surface area contributed by atoms with Crippen molar-refractivity contribution in [2.75, 3.05) is 6.61 Å². The van der Waals surface area contributed by atoms with Gasteiger partial charge in [0.05, 0.1) is 17.9 Å². The molecule has 0 aliphatic heterocycles. The van der Waals surface area contributed by atoms with Crippen LogP contribution in [0.5, 0.6) is 0 Å². The average molecular weight is 469 g/mol. The minimum absolute atomic E-state index is 0.0777. The largest absolute Gasteiger partial charge is 0.457 e. The van der Waals surface area contributed by atoms with Crippen molar-refractivity contribution in [1.29, 1.82) is 5.26 Å². The maximum absolute atomic E-state index is 13.1. The first kappa shape index (κ1) is 19.8. The van der Waals surface area contributed by atoms with Gasteiger partial charge in [0, 0.05) is 33.5 Å². The Bertz CT molecular complexity index is 1050. The summed E-state index contributed by atoms with van der Waals surface area (Å²) in [6, 6.07) is 9.81. The Hall–Kier alpha value is -2.13. The van der Waals surface area contributed by atoms with Gasteiger partial charge in [0.2, 0.25) is 5.78 Å². The van der Waals surface area contributed by atoms with Crippen LogP contribution in [-0.4, -0.2) is 27.3 Å². The molecule has 156 valence electrons. The van der Waals surface area contributed by atoms with Crippen LogP contribution in [0.3, 0.4) is 0 Å². The summed E-state index contributed by atoms with van der Waals surface area (Å²) in [4.78, 5) is 26.1. The predicted molar refractivity (Wildman–Crippen MR) is 116 cm³/mol. The number of rotatable bonds is 6. The van der Waals surface area contributed by atoms with Crippen LogP contribution in [0.15, 0.2) is 30.5 Å². The van der Waals surface area contributed by atoms with Gasteiger partial charge >= 0.3 is 5.97 Å². The van der Waals surface area contributed by atoms with Crippen LogP contribution in [0.25, 0.3) is 10.9 Å². The van der Waals surface area contributed by atoms with Crippen LogP contribution in [-0.2, 0) is 16.1 Å². The summed E-state index contributed by atoms with van der Waals surface area (Å²) in [7, 11) is 0. The molecule has 1 heterocycles. The van der Waals surface area contributed by atoms with E-state index in [1.807, 2.05) is 28.8 Å². The number of ketones is 1. The van der Waals surface area contributed by atoms with E-state index in [1.165, 1.54) is 6.42 Å². The Balaban J connectivity index is 1.32. The lowest BCUT2D eigenvalue weighted by molar-refractivity contribution is -0.168. The summed E-state index contributed by atoms with van der Waals surface area (Å²) in [6.45, 7) is 0.306. The molecular weight excluding hydrogens is 444 g/mol. The number of nitriles is 1. The summed E-state index contributed by atoms with van der Waals surface area (Å²) in [5, 5.41) is 9.74. The van der Waals surface area contributed by atoms with Crippen molar-refractivity contribution >= 4 is 38.6 Å². The van der Waals surface area contributed by atoms with Crippen molar-refractivity contribution in [2.24, 2.45) is 17.3 Å². The number of ether oxygens (including phenoxy) is 1. The number of nitrogens with zero attached hydrogens (tertiary/aromatic N) is 2. The van der Waals surface area contributed by atoms with E-state index < -0.39 is 5.41 Å². The van der Waals surface area contributed by atoms with Crippen molar-refractivity contribution < 1.29 is 14.3 Å². The number of hydrogen-bond acceptors (Lipinski definition) is 4. The number of carbonyl (C=O) groups is 2. The minimum Gasteiger partial charge on any atom is -0.457 e. The van der Waals surface area contributed by atoms with E-state index >= 15 is 0 Å². The molecule has 1 aromatic carbocycles. The van der Waals surface area contributed by atoms with E-state index in [0.717, 1.165) is 43.0 Å². The highest BCUT2D eigenvalue weighted by molar-refractivity contribution is 9.10. The number of Topliss-reactive ketones (excluding diaryl/α,β-unsaturated/α-hetero) is 1. The van der Waals surface area contributed by atoms with E-state index in [4.69, 9.17) is 10.00 Å². The normalized spacial score (nSPS) is 31.6. The fraction of sp³-hybridized carbons (Fsp3) is 0.542. The summed E-state index contributed by atoms with van der Waals surface area (Å²) in [6.07, 6.45) is 8.32. The van der Waals surface area contributed by atoms with Gasteiger partial charge in [0.25, 0.3) is 0 Å². The highest BCUT2D eigenvalue weighted by Gasteiger charge is 2.60. The highest BCUT2D eigenvalue weighted by Crippen LogP contribution is 2.64. The lowest BCUT2D eigenvalue weighted by Crippen LogP contribution is -2.56. The molecule has 4 aliphatic rings. The molecule has 2 aromatic rings. The SMILES string of the molecule is N#CCCn1cc(C(=O)COC(=O)C23CC4CC(CC(Br)(C4)C2)C3)c2ccccc21. The number of alkyl halides is 1. The maximum Gasteiger partial charge on any atom is 0.312 e. The van der Waals surface area contributed by atoms with Crippen molar-refractivity contribution in [3.63, 3.8) is 0 Å². The molecule has 1 aromatic heterocycles. The molecule has 30 heavy (non-hydrogen) atoms. The van der Waals surface area contributed by atoms with Gasteiger partial charge in [-0.25, -0.2) is 0 Å². The molecule has 2 unspecified atom stereocenters. The molecule has 0 amide bonds. The second-order valence-electron chi connectivity index (χ2n) is 9.55. The third-order valence-corrected chi connectivity index (χ3v) is 8.24. The molecule has 0 spiro atoms. The Morgan fingerprint density at radius 2 is 1.93 bits per heavy atom. The Morgan fingerprint density at radius 3 is 2.63 bits per heavy atom. The van der Waals surface area contributed by atoms with Crippen LogP contribution in [0.4, 0.5) is 0 Å². The number of fused-ring (bicyclic) bond motifs is 1. The van der Waals surface area contributed by atoms with E-state index in [-0.39, 0.29) is 22.7 Å². The molecule has 6 heteroatoms. The Morgan fingerprint density at radius 1 is 1.20 bits per heavy atom. The molecule has 4 saturated carbocycles. The number of hydrogen-bond donors (Lipinski definition) is 0. The third-order valence-electron chi connectivity index (χ3n) is 7.31. The molecule has 2 atom stereocenters. The molecule has 5 nitrogen and oxygen atoms in total. The monoisotopic (exact) mass is 468 g/mol. The third kappa shape index (κ3) is 3.28. The number of benzene rings is 1. The fourth-order valence-corrected chi connectivity index (χ4v) is 8.03. The summed E-state index contributed by atoms with van der Waals surface area (Å²) in [5.41, 5.74) is 1.05. The Labute approximate surface area is 184 Å². The first-order valence-corrected chi connectivity index (χ1v) is 11.5. The molecule has 4 aliphatic carbocycles. The molecule has 6 rings (SSSR count). The minimum atomic E-state index is -0.422. The van der Waals surface area contributed by atoms with E-state index in [2.05, 4.69) is 22.0 Å². The first-order valence-electron chi connectivity index (χ1n) is 10.8. The zero-order chi connectivity index (χ0) is 20.9. The van der Waals surface area contributed by atoms with Gasteiger partial charge in [-0.2, -0.15) is 5.26 Å². The highest BCUT2D eigenvalue weighted by atomic mass is 79.9. The standard InChI is InChI=1S/C24H25BrN2O3/c25-24-11-16-8-17(12-24)10-23(9-16,15-24)22(29)30-14-21(28)19-13-27(7-3-6-26)20-5-2-1-4-18(19)20/h1-2,4-5,13,16-17H,3,7-12,14-15H2. The topological polar surface area (TPSA) is 72.1 Å². The lowest BCUT2D eigenvalue weighted by Gasteiger charge is -2.58. The summed E-state index contributed by atoms with van der Waals surface area (Å²) >= 11 is 3.93. The number of halogens is 1. The van der Waals surface area contributed by atoms with Gasteiger partial charge in [-0.3, -0.25) is 9.59 Å². The van der Waals surface area contributed by atoms with Crippen LogP contribution in [0.1, 0.15) is 55.3 Å². The maximum atomic E-state index is 13.1. The second kappa shape index (κ2) is 7.23. The van der Waals surface area contributed by atoms with Gasteiger partial charge in [0.1, 0.15) is 0 Å². The fourth-order valence-electron chi connectivity index (χ4n) is 6.58. The van der Waals surface area contributed by atoms with Crippen LogP contribution < -0.4 is 0 Å². The number of esters is 1. The van der Waals surface area contributed by atoms with Gasteiger partial charge in [-0.1, -0.05) is 34.1 Å². The number of para-hydroxylation sites is 1. The van der Waals surface area contributed by atoms with Crippen LogP contribution in [0.2, 0.25) is 0 Å². The number of carbonyl (C=O) groups excluding carboxylic acids is 2. The van der Waals surface area contributed by atoms with E-state index in [0.29, 0.717) is 30.4 Å². The van der Waals surface area contributed by atoms with Crippen molar-refractivity contribution in [2.45, 2.75) is 55.8 Å². The van der Waals surface area contributed by atoms with Crippen molar-refractivity contribution in [1.82, 2.24) is 4.57 Å². The number of aryl methyl sites for hydroxylation is 1. The first-order chi connectivity index (χ1) is 14.4. The van der Waals surface area contributed by atoms with Crippen LogP contribution >= 0.6 is 15.9 Å². The zero-order valence-corrected chi connectivity index (χ0v) is 18.5. The second-order valence-corrected chi connectivity index (χ2v) is 11.2. The quantitative estimate of drug-likeness (QED) is 0.339. The summed E-state index contributed by atoms with van der Waals surface area (Å²) < 4.78 is 7.67. The van der Waals surface area contributed by atoms with Crippen LogP contribution in [0, 0.1) is 28.6 Å². The van der Waals surface area contributed by atoms with Crippen molar-refractivity contribution in [3.05, 3.63) is 36.0 Å². The van der Waals surface area contributed by atoms with E-state index in [9.17, 15) is 9.59 Å². The molecular formula is C24H25BrN2O3. The van der Waals surface area contributed by atoms with Crippen molar-refractivity contribution in [3.8, 4) is 6.07 Å². The summed E-state index contributed by atoms with van der Waals surface area (Å²) in [5.74, 6) is 0.800. The van der Waals surface area contributed by atoms with Gasteiger partial charge in [-0.05, 0) is 56.4 Å². The molecule has 4 fully saturated rings. The molecule has 4 bridgehead atoms. The zero-order valence-electron chi connectivity index (χ0n) is 16.9. The number of aromatic nitrogens is 1. The molecule has 0 saturated heterocycles. The van der Waals surface area contributed by atoms with Gasteiger partial charge < -0.3 is 9.30 Å².